The van der Waals surface area contributed by atoms with Crippen LogP contribution in [-0.2, 0) is 14.2 Å². The molecule has 2 saturated heterocycles. The second-order valence-corrected chi connectivity index (χ2v) is 10.4. The number of hydrogen-bond acceptors (Lipinski definition) is 15. The van der Waals surface area contributed by atoms with Crippen LogP contribution < -0.4 is 19.6 Å². The van der Waals surface area contributed by atoms with Crippen LogP contribution in [0.1, 0.15) is 6.92 Å². The van der Waals surface area contributed by atoms with Crippen molar-refractivity contribution in [3.63, 3.8) is 0 Å². The van der Waals surface area contributed by atoms with Crippen molar-refractivity contribution < 1.29 is 68.6 Å². The highest BCUT2D eigenvalue weighted by Gasteiger charge is 2.50. The molecule has 0 unspecified atom stereocenters. The summed E-state index contributed by atoms with van der Waals surface area (Å²) < 4.78 is 39.1. The Morgan fingerprint density at radius 3 is 2.16 bits per heavy atom. The number of aromatic hydroxyl groups is 1. The third-order valence-corrected chi connectivity index (χ3v) is 7.64. The van der Waals surface area contributed by atoms with Gasteiger partial charge in [0.15, 0.2) is 18.2 Å². The highest BCUT2D eigenvalue weighted by molar-refractivity contribution is 5.88. The fourth-order valence-electron chi connectivity index (χ4n) is 5.15. The van der Waals surface area contributed by atoms with Crippen LogP contribution in [0.25, 0.3) is 22.3 Å². The molecule has 15 heteroatoms. The topological polar surface area (TPSA) is 227 Å². The van der Waals surface area contributed by atoms with Crippen LogP contribution in [0, 0.1) is 0 Å². The third-order valence-electron chi connectivity index (χ3n) is 7.64. The molecular weight excluding hydrogens is 588 g/mol. The first kappa shape index (κ1) is 31.9. The standard InChI is InChI=1S/C29H34O15/c1-11-19(32)22(35)24(37)28(40-11)44-27-23(36)20(33)17(10-30)43-29(27)41-13-6-4-12(5-7-13)25-26(39-3)21(34)18-15(31)8-14(38-2)9-16(18)42-25/h4-9,11,17,19-20,22-24,27-33,35-37H,10H2,1-3H3/t11-,17+,19-,20+,22+,23-,24+,27+,28-,29+/m0/s1. The average molecular weight is 623 g/mol. The van der Waals surface area contributed by atoms with Crippen molar-refractivity contribution >= 4 is 11.0 Å². The molecule has 2 aliphatic rings. The van der Waals surface area contributed by atoms with E-state index in [-0.39, 0.29) is 39.7 Å². The zero-order valence-electron chi connectivity index (χ0n) is 23.8. The summed E-state index contributed by atoms with van der Waals surface area (Å²) in [5.41, 5.74) is -0.168. The molecule has 0 bridgehead atoms. The molecule has 0 amide bonds. The molecule has 2 aliphatic heterocycles. The molecule has 1 aromatic heterocycles. The number of phenolic OH excluding ortho intramolecular Hbond substituents is 1. The number of methoxy groups -OCH3 is 2. The number of fused-ring (bicyclic) bond motifs is 1. The van der Waals surface area contributed by atoms with E-state index in [0.717, 1.165) is 0 Å². The van der Waals surface area contributed by atoms with Crippen molar-refractivity contribution in [2.24, 2.45) is 0 Å². The minimum Gasteiger partial charge on any atom is -0.507 e. The van der Waals surface area contributed by atoms with E-state index in [4.69, 9.17) is 32.8 Å². The van der Waals surface area contributed by atoms with Gasteiger partial charge in [0.05, 0.1) is 26.9 Å². The summed E-state index contributed by atoms with van der Waals surface area (Å²) in [6, 6.07) is 8.73. The maximum Gasteiger partial charge on any atom is 0.239 e. The molecule has 0 radical (unpaired) electrons. The van der Waals surface area contributed by atoms with E-state index in [1.54, 1.807) is 0 Å². The predicted molar refractivity (Wildman–Crippen MR) is 148 cm³/mol. The fraction of sp³-hybridized carbons (Fsp3) is 0.483. The molecule has 3 aromatic rings. The Kier molecular flexibility index (Phi) is 9.31. The van der Waals surface area contributed by atoms with E-state index in [9.17, 15) is 40.5 Å². The van der Waals surface area contributed by atoms with Gasteiger partial charge in [-0.1, -0.05) is 0 Å². The lowest BCUT2D eigenvalue weighted by Crippen LogP contribution is -2.64. The van der Waals surface area contributed by atoms with Crippen molar-refractivity contribution in [1.29, 1.82) is 0 Å². The van der Waals surface area contributed by atoms with Crippen LogP contribution in [0.2, 0.25) is 0 Å². The van der Waals surface area contributed by atoms with Gasteiger partial charge in [0.1, 0.15) is 64.8 Å². The zero-order valence-corrected chi connectivity index (χ0v) is 23.8. The Morgan fingerprint density at radius 1 is 0.818 bits per heavy atom. The average Bonchev–Trinajstić information content (AvgIpc) is 3.01. The van der Waals surface area contributed by atoms with Crippen molar-refractivity contribution in [3.8, 4) is 34.3 Å². The first-order chi connectivity index (χ1) is 21.0. The first-order valence-corrected chi connectivity index (χ1v) is 13.7. The highest BCUT2D eigenvalue weighted by Crippen LogP contribution is 2.37. The molecular formula is C29H34O15. The van der Waals surface area contributed by atoms with Crippen molar-refractivity contribution in [2.45, 2.75) is 68.3 Å². The number of rotatable bonds is 8. The van der Waals surface area contributed by atoms with Crippen LogP contribution in [-0.4, -0.2) is 118 Å². The summed E-state index contributed by atoms with van der Waals surface area (Å²) in [6.45, 7) is 0.775. The van der Waals surface area contributed by atoms with Gasteiger partial charge in [0, 0.05) is 17.7 Å². The van der Waals surface area contributed by atoms with Gasteiger partial charge in [0.25, 0.3) is 0 Å². The molecule has 0 saturated carbocycles. The van der Waals surface area contributed by atoms with Gasteiger partial charge >= 0.3 is 0 Å². The molecule has 5 rings (SSSR count). The van der Waals surface area contributed by atoms with Crippen molar-refractivity contribution in [2.75, 3.05) is 20.8 Å². The Hall–Kier alpha value is -3.51. The number of ether oxygens (including phenoxy) is 6. The molecule has 7 N–H and O–H groups in total. The van der Waals surface area contributed by atoms with E-state index in [0.29, 0.717) is 5.56 Å². The lowest BCUT2D eigenvalue weighted by molar-refractivity contribution is -0.354. The van der Waals surface area contributed by atoms with E-state index < -0.39 is 73.4 Å². The minimum atomic E-state index is -1.71. The van der Waals surface area contributed by atoms with Crippen molar-refractivity contribution in [3.05, 3.63) is 46.6 Å². The Bertz CT molecular complexity index is 1510. The van der Waals surface area contributed by atoms with Gasteiger partial charge in [-0.25, -0.2) is 0 Å². The molecule has 15 nitrogen and oxygen atoms in total. The van der Waals surface area contributed by atoms with Crippen LogP contribution >= 0.6 is 0 Å². The van der Waals surface area contributed by atoms with E-state index >= 15 is 0 Å². The minimum absolute atomic E-state index is 0.0523. The Labute approximate surface area is 249 Å². The van der Waals surface area contributed by atoms with Gasteiger partial charge in [-0.05, 0) is 31.2 Å². The number of hydrogen-bond donors (Lipinski definition) is 7. The summed E-state index contributed by atoms with van der Waals surface area (Å²) in [5, 5.41) is 71.8. The second kappa shape index (κ2) is 12.8. The summed E-state index contributed by atoms with van der Waals surface area (Å²) in [5.74, 6) is -0.0292. The first-order valence-electron chi connectivity index (χ1n) is 13.7. The van der Waals surface area contributed by atoms with Gasteiger partial charge in [-0.2, -0.15) is 0 Å². The van der Waals surface area contributed by atoms with Crippen molar-refractivity contribution in [1.82, 2.24) is 0 Å². The number of aliphatic hydroxyl groups is 6. The second-order valence-electron chi connectivity index (χ2n) is 10.4. The van der Waals surface area contributed by atoms with Gasteiger partial charge in [-0.15, -0.1) is 0 Å². The van der Waals surface area contributed by atoms with Crippen LogP contribution in [0.4, 0.5) is 0 Å². The van der Waals surface area contributed by atoms with Gasteiger partial charge < -0.3 is 68.6 Å². The SMILES string of the molecule is COc1cc(O)c2c(=O)c(OC)c(-c3ccc(O[C@@H]4O[C@H](CO)[C@@H](O)[C@H](O)[C@H]4O[C@@H]4O[C@@H](C)[C@H](O)[C@@H](O)[C@H]4O)cc3)oc2c1. The smallest absolute Gasteiger partial charge is 0.239 e. The highest BCUT2D eigenvalue weighted by atomic mass is 16.8. The van der Waals surface area contributed by atoms with Crippen LogP contribution in [0.3, 0.4) is 0 Å². The molecule has 0 spiro atoms. The van der Waals surface area contributed by atoms with Crippen LogP contribution in [0.15, 0.2) is 45.6 Å². The maximum absolute atomic E-state index is 13.1. The third kappa shape index (κ3) is 5.81. The normalized spacial score (nSPS) is 32.4. The number of phenols is 1. The number of aliphatic hydroxyl groups excluding tert-OH is 6. The molecule has 240 valence electrons. The lowest BCUT2D eigenvalue weighted by atomic mass is 9.97. The number of benzene rings is 2. The van der Waals surface area contributed by atoms with Gasteiger partial charge in [0.2, 0.25) is 17.5 Å². The molecule has 44 heavy (non-hydrogen) atoms. The molecule has 10 atom stereocenters. The largest absolute Gasteiger partial charge is 0.507 e. The fourth-order valence-corrected chi connectivity index (χ4v) is 5.15. The molecule has 2 fully saturated rings. The lowest BCUT2D eigenvalue weighted by Gasteiger charge is -2.45. The summed E-state index contributed by atoms with van der Waals surface area (Å²) in [4.78, 5) is 13.1. The molecule has 2 aromatic carbocycles. The predicted octanol–water partition coefficient (Wildman–Crippen LogP) is -0.787. The Balaban J connectivity index is 1.43. The summed E-state index contributed by atoms with van der Waals surface area (Å²) >= 11 is 0. The molecule has 3 heterocycles. The summed E-state index contributed by atoms with van der Waals surface area (Å²) in [7, 11) is 2.68. The maximum atomic E-state index is 13.1. The van der Waals surface area contributed by atoms with E-state index in [2.05, 4.69) is 0 Å². The zero-order chi connectivity index (χ0) is 31.9. The molecule has 0 aliphatic carbocycles. The van der Waals surface area contributed by atoms with E-state index in [1.807, 2.05) is 0 Å². The van der Waals surface area contributed by atoms with E-state index in [1.165, 1.54) is 57.5 Å². The quantitative estimate of drug-likeness (QED) is 0.163. The summed E-state index contributed by atoms with van der Waals surface area (Å²) in [6.07, 6.45) is -14.7. The van der Waals surface area contributed by atoms with Crippen LogP contribution in [0.5, 0.6) is 23.0 Å². The Morgan fingerprint density at radius 2 is 1.52 bits per heavy atom. The van der Waals surface area contributed by atoms with Gasteiger partial charge in [-0.3, -0.25) is 4.79 Å². The monoisotopic (exact) mass is 622 g/mol.